The van der Waals surface area contributed by atoms with Gasteiger partial charge < -0.3 is 10.4 Å². The lowest BCUT2D eigenvalue weighted by molar-refractivity contribution is 0.101. The summed E-state index contributed by atoms with van der Waals surface area (Å²) in [7, 11) is -3.87. The topological polar surface area (TPSA) is 95.5 Å². The van der Waals surface area contributed by atoms with Gasteiger partial charge in [-0.1, -0.05) is 18.9 Å². The van der Waals surface area contributed by atoms with Crippen LogP contribution in [-0.2, 0) is 10.0 Å². The van der Waals surface area contributed by atoms with Crippen molar-refractivity contribution in [3.8, 4) is 0 Å². The second-order valence-electron chi connectivity index (χ2n) is 7.03. The maximum Gasteiger partial charge on any atom is 0.255 e. The van der Waals surface area contributed by atoms with Crippen LogP contribution in [0.1, 0.15) is 41.6 Å². The molecule has 0 unspecified atom stereocenters. The number of aliphatic hydroxyl groups excluding tert-OH is 1. The lowest BCUT2D eigenvalue weighted by Gasteiger charge is -2.28. The molecule has 2 atom stereocenters. The number of amides is 1. The van der Waals surface area contributed by atoms with Crippen LogP contribution in [0, 0.1) is 12.7 Å². The highest BCUT2D eigenvalue weighted by Gasteiger charge is 2.28. The van der Waals surface area contributed by atoms with Crippen LogP contribution in [0.2, 0.25) is 0 Å². The predicted octanol–water partition coefficient (Wildman–Crippen LogP) is 2.97. The number of anilines is 1. The fourth-order valence-corrected chi connectivity index (χ4v) is 4.60. The summed E-state index contributed by atoms with van der Waals surface area (Å²) in [6.45, 7) is 1.59. The van der Waals surface area contributed by atoms with Crippen LogP contribution in [0.5, 0.6) is 0 Å². The summed E-state index contributed by atoms with van der Waals surface area (Å²) < 4.78 is 41.2. The Hall–Kier alpha value is -2.29. The molecule has 150 valence electrons. The van der Waals surface area contributed by atoms with E-state index in [1.807, 2.05) is 0 Å². The summed E-state index contributed by atoms with van der Waals surface area (Å²) in [6.07, 6.45) is 2.15. The fraction of sp³-hybridized carbons (Fsp3) is 0.350. The van der Waals surface area contributed by atoms with Crippen molar-refractivity contribution in [3.05, 3.63) is 59.4 Å². The summed E-state index contributed by atoms with van der Waals surface area (Å²) in [4.78, 5) is 12.4. The Labute approximate surface area is 163 Å². The van der Waals surface area contributed by atoms with E-state index in [0.29, 0.717) is 24.1 Å². The Kier molecular flexibility index (Phi) is 6.12. The van der Waals surface area contributed by atoms with Gasteiger partial charge in [-0.05, 0) is 61.7 Å². The Morgan fingerprint density at radius 3 is 2.61 bits per heavy atom. The number of benzene rings is 2. The smallest absolute Gasteiger partial charge is 0.255 e. The number of carbonyl (C=O) groups excluding carboxylic acids is 1. The van der Waals surface area contributed by atoms with Gasteiger partial charge in [0.25, 0.3) is 5.91 Å². The minimum atomic E-state index is -3.87. The van der Waals surface area contributed by atoms with Gasteiger partial charge in [0.15, 0.2) is 0 Å². The number of rotatable bonds is 5. The zero-order valence-electron chi connectivity index (χ0n) is 15.5. The van der Waals surface area contributed by atoms with E-state index in [1.54, 1.807) is 6.92 Å². The number of hydrogen-bond donors (Lipinski definition) is 3. The van der Waals surface area contributed by atoms with Gasteiger partial charge >= 0.3 is 0 Å². The molecule has 8 heteroatoms. The summed E-state index contributed by atoms with van der Waals surface area (Å²) >= 11 is 0. The van der Waals surface area contributed by atoms with E-state index >= 15 is 0 Å². The van der Waals surface area contributed by atoms with Crippen LogP contribution in [0.4, 0.5) is 10.1 Å². The quantitative estimate of drug-likeness (QED) is 0.711. The number of nitrogens with one attached hydrogen (secondary N) is 2. The maximum atomic E-state index is 13.4. The van der Waals surface area contributed by atoms with Gasteiger partial charge in [0.2, 0.25) is 10.0 Å². The molecule has 1 saturated carbocycles. The van der Waals surface area contributed by atoms with Crippen molar-refractivity contribution >= 4 is 21.6 Å². The van der Waals surface area contributed by atoms with Crippen LogP contribution in [0.3, 0.4) is 0 Å². The molecule has 0 aromatic heterocycles. The van der Waals surface area contributed by atoms with E-state index < -0.39 is 28.1 Å². The van der Waals surface area contributed by atoms with E-state index in [1.165, 1.54) is 42.5 Å². The molecular formula is C20H23FN2O4S. The first-order valence-corrected chi connectivity index (χ1v) is 10.6. The molecule has 6 nitrogen and oxygen atoms in total. The molecule has 3 N–H and O–H groups in total. The standard InChI is InChI=1S/C20H23FN2O4S/c1-13-11-15(9-10-17(13)21)22-20(25)14-5-4-6-16(12-14)28(26,27)23-18-7-2-3-8-19(18)24/h4-6,9-12,18-19,23-24H,2-3,7-8H2,1H3,(H,22,25)/t18-,19-/m0/s1. The minimum Gasteiger partial charge on any atom is -0.391 e. The monoisotopic (exact) mass is 406 g/mol. The molecule has 1 fully saturated rings. The van der Waals surface area contributed by atoms with Crippen LogP contribution >= 0.6 is 0 Å². The third-order valence-electron chi connectivity index (χ3n) is 4.86. The maximum absolute atomic E-state index is 13.4. The third kappa shape index (κ3) is 4.76. The average molecular weight is 406 g/mol. The van der Waals surface area contributed by atoms with Crippen LogP contribution in [0.15, 0.2) is 47.4 Å². The number of aliphatic hydroxyl groups is 1. The lowest BCUT2D eigenvalue weighted by atomic mass is 9.93. The minimum absolute atomic E-state index is 0.0480. The summed E-state index contributed by atoms with van der Waals surface area (Å²) in [5.41, 5.74) is 0.971. The Morgan fingerprint density at radius 2 is 1.89 bits per heavy atom. The molecule has 0 heterocycles. The molecule has 0 radical (unpaired) electrons. The van der Waals surface area contributed by atoms with E-state index in [2.05, 4.69) is 10.0 Å². The molecule has 1 aliphatic carbocycles. The van der Waals surface area contributed by atoms with Crippen molar-refractivity contribution in [3.63, 3.8) is 0 Å². The highest BCUT2D eigenvalue weighted by Crippen LogP contribution is 2.21. The van der Waals surface area contributed by atoms with Crippen LogP contribution in [-0.4, -0.2) is 31.6 Å². The first kappa shape index (κ1) is 20.4. The first-order valence-electron chi connectivity index (χ1n) is 9.14. The van der Waals surface area contributed by atoms with Gasteiger partial charge in [0.1, 0.15) is 5.82 Å². The van der Waals surface area contributed by atoms with Crippen molar-refractivity contribution < 1.29 is 22.7 Å². The van der Waals surface area contributed by atoms with Crippen molar-refractivity contribution in [2.45, 2.75) is 49.6 Å². The molecule has 2 aromatic carbocycles. The first-order chi connectivity index (χ1) is 13.3. The van der Waals surface area contributed by atoms with Gasteiger partial charge in [-0.25, -0.2) is 17.5 Å². The lowest BCUT2D eigenvalue weighted by Crippen LogP contribution is -2.44. The molecule has 0 spiro atoms. The van der Waals surface area contributed by atoms with Gasteiger partial charge in [-0.2, -0.15) is 0 Å². The average Bonchev–Trinajstić information content (AvgIpc) is 2.66. The molecule has 1 aliphatic rings. The SMILES string of the molecule is Cc1cc(NC(=O)c2cccc(S(=O)(=O)N[C@H]3CCCC[C@@H]3O)c2)ccc1F. The zero-order valence-corrected chi connectivity index (χ0v) is 16.3. The van der Waals surface area contributed by atoms with E-state index in [4.69, 9.17) is 0 Å². The summed E-state index contributed by atoms with van der Waals surface area (Å²) in [6, 6.07) is 9.33. The van der Waals surface area contributed by atoms with Gasteiger partial charge in [0, 0.05) is 17.3 Å². The van der Waals surface area contributed by atoms with Crippen molar-refractivity contribution in [1.29, 1.82) is 0 Å². The molecule has 0 saturated heterocycles. The third-order valence-corrected chi connectivity index (χ3v) is 6.35. The van der Waals surface area contributed by atoms with Crippen LogP contribution in [0.25, 0.3) is 0 Å². The molecule has 0 aliphatic heterocycles. The summed E-state index contributed by atoms with van der Waals surface area (Å²) in [5.74, 6) is -0.872. The molecule has 28 heavy (non-hydrogen) atoms. The number of aryl methyl sites for hydroxylation is 1. The second-order valence-corrected chi connectivity index (χ2v) is 8.74. The Balaban J connectivity index is 1.76. The van der Waals surface area contributed by atoms with Gasteiger partial charge in [-0.15, -0.1) is 0 Å². The second kappa shape index (κ2) is 8.38. The number of hydrogen-bond acceptors (Lipinski definition) is 4. The number of sulfonamides is 1. The highest BCUT2D eigenvalue weighted by molar-refractivity contribution is 7.89. The summed E-state index contributed by atoms with van der Waals surface area (Å²) in [5, 5.41) is 12.6. The van der Waals surface area contributed by atoms with E-state index in [0.717, 1.165) is 12.8 Å². The molecule has 3 rings (SSSR count). The largest absolute Gasteiger partial charge is 0.391 e. The normalized spacial score (nSPS) is 20.0. The van der Waals surface area contributed by atoms with Crippen molar-refractivity contribution in [2.24, 2.45) is 0 Å². The predicted molar refractivity (Wildman–Crippen MR) is 104 cm³/mol. The zero-order chi connectivity index (χ0) is 20.3. The molecule has 2 aromatic rings. The Morgan fingerprint density at radius 1 is 1.14 bits per heavy atom. The van der Waals surface area contributed by atoms with E-state index in [-0.39, 0.29) is 16.3 Å². The number of halogens is 1. The molecule has 0 bridgehead atoms. The van der Waals surface area contributed by atoms with Gasteiger partial charge in [0.05, 0.1) is 11.0 Å². The van der Waals surface area contributed by atoms with E-state index in [9.17, 15) is 22.7 Å². The fourth-order valence-electron chi connectivity index (χ4n) is 3.25. The van der Waals surface area contributed by atoms with Crippen molar-refractivity contribution in [1.82, 2.24) is 4.72 Å². The number of carbonyl (C=O) groups is 1. The molecular weight excluding hydrogens is 383 g/mol. The van der Waals surface area contributed by atoms with Crippen molar-refractivity contribution in [2.75, 3.05) is 5.32 Å². The molecule has 1 amide bonds. The van der Waals surface area contributed by atoms with Gasteiger partial charge in [-0.3, -0.25) is 4.79 Å². The van der Waals surface area contributed by atoms with Crippen LogP contribution < -0.4 is 10.0 Å². The Bertz CT molecular complexity index is 978. The highest BCUT2D eigenvalue weighted by atomic mass is 32.2.